The van der Waals surface area contributed by atoms with Crippen LogP contribution in [0.25, 0.3) is 10.9 Å². The first-order valence-corrected chi connectivity index (χ1v) is 10.9. The van der Waals surface area contributed by atoms with E-state index in [0.29, 0.717) is 11.1 Å². The number of aryl methyl sites for hydroxylation is 1. The van der Waals surface area contributed by atoms with Crippen LogP contribution in [0.1, 0.15) is 36.5 Å². The second kappa shape index (κ2) is 8.94. The van der Waals surface area contributed by atoms with Gasteiger partial charge in [0, 0.05) is 18.0 Å². The summed E-state index contributed by atoms with van der Waals surface area (Å²) in [7, 11) is 3.70. The van der Waals surface area contributed by atoms with Crippen molar-refractivity contribution in [3.8, 4) is 5.88 Å². The summed E-state index contributed by atoms with van der Waals surface area (Å²) in [5, 5.41) is 14.8. The molecule has 31 heavy (non-hydrogen) atoms. The summed E-state index contributed by atoms with van der Waals surface area (Å²) >= 11 is 0. The number of fused-ring (bicyclic) bond motifs is 1. The van der Waals surface area contributed by atoms with Gasteiger partial charge in [-0.3, -0.25) is 4.99 Å². The number of carbonyl (C=O) groups is 1. The number of nitrogens with one attached hydrogen (secondary N) is 1. The molecule has 1 aromatic heterocycles. The zero-order chi connectivity index (χ0) is 22.0. The second-order valence-electron chi connectivity index (χ2n) is 8.17. The molecule has 6 nitrogen and oxygen atoms in total. The fourth-order valence-corrected chi connectivity index (χ4v) is 4.28. The molecule has 1 fully saturated rings. The zero-order valence-corrected chi connectivity index (χ0v) is 18.4. The quantitative estimate of drug-likeness (QED) is 0.629. The molecule has 1 aliphatic heterocycles. The van der Waals surface area contributed by atoms with E-state index in [-0.39, 0.29) is 18.0 Å². The van der Waals surface area contributed by atoms with Gasteiger partial charge < -0.3 is 15.3 Å². The van der Waals surface area contributed by atoms with Crippen molar-refractivity contribution >= 4 is 22.6 Å². The van der Waals surface area contributed by atoms with E-state index in [1.165, 1.54) is 4.57 Å². The van der Waals surface area contributed by atoms with E-state index in [2.05, 4.69) is 30.3 Å². The van der Waals surface area contributed by atoms with E-state index in [9.17, 15) is 9.90 Å². The van der Waals surface area contributed by atoms with Crippen LogP contribution in [0.2, 0.25) is 0 Å². The number of benzene rings is 2. The van der Waals surface area contributed by atoms with Crippen LogP contribution in [0.5, 0.6) is 5.88 Å². The minimum atomic E-state index is -0.367. The molecule has 0 aliphatic carbocycles. The highest BCUT2D eigenvalue weighted by molar-refractivity contribution is 6.22. The van der Waals surface area contributed by atoms with Crippen LogP contribution < -0.4 is 5.32 Å². The number of piperidine rings is 1. The predicted molar refractivity (Wildman–Crippen MR) is 125 cm³/mol. The third-order valence-electron chi connectivity index (χ3n) is 6.12. The van der Waals surface area contributed by atoms with E-state index in [4.69, 9.17) is 4.99 Å². The number of likely N-dealkylation sites (tertiary alicyclic amines) is 1. The highest BCUT2D eigenvalue weighted by Crippen LogP contribution is 2.35. The standard InChI is InChI=1S/C25H30N4O2/c1-4-17-10-11-20-21(16-17)29(25(31)26-2)24(30)22(20)23(18-8-6-5-7-9-18)27-19-12-14-28(3)15-13-19/h5-11,16,19,30H,4,12-15H2,1-3H3,(H,26,31). The zero-order valence-electron chi connectivity index (χ0n) is 18.4. The van der Waals surface area contributed by atoms with E-state index < -0.39 is 0 Å². The molecule has 162 valence electrons. The van der Waals surface area contributed by atoms with Gasteiger partial charge in [0.2, 0.25) is 5.88 Å². The Morgan fingerprint density at radius 3 is 2.52 bits per heavy atom. The molecule has 0 bridgehead atoms. The van der Waals surface area contributed by atoms with Crippen molar-refractivity contribution in [3.63, 3.8) is 0 Å². The fraction of sp³-hybridized carbons (Fsp3) is 0.360. The predicted octanol–water partition coefficient (Wildman–Crippen LogP) is 4.03. The number of hydrogen-bond acceptors (Lipinski definition) is 4. The van der Waals surface area contributed by atoms with Crippen molar-refractivity contribution < 1.29 is 9.90 Å². The lowest BCUT2D eigenvalue weighted by atomic mass is 9.98. The first-order chi connectivity index (χ1) is 15.0. The van der Waals surface area contributed by atoms with E-state index in [0.717, 1.165) is 54.6 Å². The highest BCUT2D eigenvalue weighted by Gasteiger charge is 2.26. The molecule has 1 amide bonds. The fourth-order valence-electron chi connectivity index (χ4n) is 4.28. The van der Waals surface area contributed by atoms with Crippen LogP contribution >= 0.6 is 0 Å². The van der Waals surface area contributed by atoms with E-state index in [1.54, 1.807) is 7.05 Å². The molecule has 1 aliphatic rings. The summed E-state index contributed by atoms with van der Waals surface area (Å²) in [5.74, 6) is -0.0712. The number of carbonyl (C=O) groups excluding carboxylic acids is 1. The molecular weight excluding hydrogens is 388 g/mol. The largest absolute Gasteiger partial charge is 0.494 e. The second-order valence-corrected chi connectivity index (χ2v) is 8.17. The van der Waals surface area contributed by atoms with E-state index in [1.807, 2.05) is 42.5 Å². The maximum absolute atomic E-state index is 12.7. The van der Waals surface area contributed by atoms with Gasteiger partial charge in [-0.2, -0.15) is 0 Å². The van der Waals surface area contributed by atoms with Gasteiger partial charge in [0.25, 0.3) is 0 Å². The lowest BCUT2D eigenvalue weighted by Gasteiger charge is -2.27. The molecule has 0 radical (unpaired) electrons. The summed E-state index contributed by atoms with van der Waals surface area (Å²) in [6.07, 6.45) is 2.80. The van der Waals surface area contributed by atoms with Crippen molar-refractivity contribution in [2.24, 2.45) is 4.99 Å². The number of hydrogen-bond donors (Lipinski definition) is 2. The first kappa shape index (κ1) is 21.1. The molecule has 3 aromatic rings. The number of rotatable bonds is 4. The van der Waals surface area contributed by atoms with Crippen LogP contribution in [-0.2, 0) is 6.42 Å². The molecule has 0 unspecified atom stereocenters. The Hall–Kier alpha value is -3.12. The van der Waals surface area contributed by atoms with Gasteiger partial charge in [-0.05, 0) is 51.0 Å². The van der Waals surface area contributed by atoms with Crippen LogP contribution in [0, 0.1) is 0 Å². The SMILES string of the molecule is CCc1ccc2c(C(=NC3CCN(C)CC3)c3ccccc3)c(O)n(C(=O)NC)c2c1. The minimum Gasteiger partial charge on any atom is -0.494 e. The van der Waals surface area contributed by atoms with E-state index >= 15 is 0 Å². The van der Waals surface area contributed by atoms with Gasteiger partial charge in [0.1, 0.15) is 0 Å². The Morgan fingerprint density at radius 1 is 1.16 bits per heavy atom. The number of amides is 1. The minimum absolute atomic E-state index is 0.0712. The van der Waals surface area contributed by atoms with Crippen LogP contribution in [0.15, 0.2) is 53.5 Å². The molecule has 2 N–H and O–H groups in total. The average Bonchev–Trinajstić information content (AvgIpc) is 3.09. The number of aromatic nitrogens is 1. The van der Waals surface area contributed by atoms with Crippen molar-refractivity contribution in [2.75, 3.05) is 27.2 Å². The third-order valence-corrected chi connectivity index (χ3v) is 6.12. The van der Waals surface area contributed by atoms with Gasteiger partial charge in [0.15, 0.2) is 0 Å². The average molecular weight is 419 g/mol. The van der Waals surface area contributed by atoms with Crippen molar-refractivity contribution in [1.29, 1.82) is 0 Å². The number of aromatic hydroxyl groups is 1. The lowest BCUT2D eigenvalue weighted by molar-refractivity contribution is 0.242. The third kappa shape index (κ3) is 4.08. The number of nitrogens with zero attached hydrogens (tertiary/aromatic N) is 3. The highest BCUT2D eigenvalue weighted by atomic mass is 16.3. The molecule has 4 rings (SSSR count). The summed E-state index contributed by atoms with van der Waals surface area (Å²) < 4.78 is 1.36. The summed E-state index contributed by atoms with van der Waals surface area (Å²) in [5.41, 5.74) is 4.09. The molecule has 0 spiro atoms. The van der Waals surface area contributed by atoms with Crippen molar-refractivity contribution in [1.82, 2.24) is 14.8 Å². The van der Waals surface area contributed by atoms with Crippen LogP contribution in [0.3, 0.4) is 0 Å². The topological polar surface area (TPSA) is 69.9 Å². The van der Waals surface area contributed by atoms with Crippen LogP contribution in [-0.4, -0.2) is 59.5 Å². The maximum Gasteiger partial charge on any atom is 0.328 e. The summed E-state index contributed by atoms with van der Waals surface area (Å²) in [4.78, 5) is 20.2. The Kier molecular flexibility index (Phi) is 6.09. The molecule has 0 saturated carbocycles. The first-order valence-electron chi connectivity index (χ1n) is 10.9. The Bertz CT molecular complexity index is 1110. The molecule has 0 atom stereocenters. The van der Waals surface area contributed by atoms with Crippen LogP contribution in [0.4, 0.5) is 4.79 Å². The van der Waals surface area contributed by atoms with Gasteiger partial charge in [-0.1, -0.05) is 49.4 Å². The molecule has 2 aromatic carbocycles. The smallest absolute Gasteiger partial charge is 0.328 e. The van der Waals surface area contributed by atoms with Crippen molar-refractivity contribution in [2.45, 2.75) is 32.2 Å². The molecule has 2 heterocycles. The summed E-state index contributed by atoms with van der Waals surface area (Å²) in [6, 6.07) is 15.8. The Labute approximate surface area is 183 Å². The van der Waals surface area contributed by atoms with Gasteiger partial charge in [-0.15, -0.1) is 0 Å². The number of aliphatic imine (C=N–C) groups is 1. The van der Waals surface area contributed by atoms with Gasteiger partial charge in [-0.25, -0.2) is 9.36 Å². The van der Waals surface area contributed by atoms with Crippen molar-refractivity contribution in [3.05, 3.63) is 65.2 Å². The molecule has 6 heteroatoms. The molecular formula is C25H30N4O2. The Balaban J connectivity index is 1.95. The maximum atomic E-state index is 12.7. The summed E-state index contributed by atoms with van der Waals surface area (Å²) in [6.45, 7) is 4.08. The monoisotopic (exact) mass is 418 g/mol. The van der Waals surface area contributed by atoms with Gasteiger partial charge in [0.05, 0.1) is 22.8 Å². The molecule has 1 saturated heterocycles. The normalized spacial score (nSPS) is 16.0. The Morgan fingerprint density at radius 2 is 1.87 bits per heavy atom. The van der Waals surface area contributed by atoms with Gasteiger partial charge >= 0.3 is 6.03 Å². The lowest BCUT2D eigenvalue weighted by Crippen LogP contribution is -2.32.